The number of carbonyl (C=O) groups excluding carboxylic acids is 1. The number of nitrogens with two attached hydrogens (primary N) is 1. The van der Waals surface area contributed by atoms with Crippen molar-refractivity contribution in [1.29, 1.82) is 0 Å². The van der Waals surface area contributed by atoms with Gasteiger partial charge >= 0.3 is 0 Å². The topological polar surface area (TPSA) is 85.8 Å². The summed E-state index contributed by atoms with van der Waals surface area (Å²) in [6, 6.07) is 12.8. The summed E-state index contributed by atoms with van der Waals surface area (Å²) in [5, 5.41) is 7.28. The van der Waals surface area contributed by atoms with Gasteiger partial charge in [-0.1, -0.05) is 35.9 Å². The summed E-state index contributed by atoms with van der Waals surface area (Å²) in [5.41, 5.74) is 10.8. The van der Waals surface area contributed by atoms with Crippen molar-refractivity contribution >= 4 is 30.7 Å². The quantitative estimate of drug-likeness (QED) is 0.660. The van der Waals surface area contributed by atoms with E-state index in [2.05, 4.69) is 15.4 Å². The van der Waals surface area contributed by atoms with Gasteiger partial charge in [-0.3, -0.25) is 4.79 Å². The number of carbonyl (C=O) groups is 1. The Balaban J connectivity index is 0.00000196. The van der Waals surface area contributed by atoms with E-state index in [4.69, 9.17) is 5.73 Å². The van der Waals surface area contributed by atoms with E-state index in [1.54, 1.807) is 10.9 Å². The second kappa shape index (κ2) is 10.2. The van der Waals surface area contributed by atoms with Crippen molar-refractivity contribution in [3.05, 3.63) is 76.7 Å². The van der Waals surface area contributed by atoms with Gasteiger partial charge in [0.1, 0.15) is 6.04 Å². The fourth-order valence-corrected chi connectivity index (χ4v) is 2.73. The van der Waals surface area contributed by atoms with Gasteiger partial charge in [-0.25, -0.2) is 9.67 Å². The van der Waals surface area contributed by atoms with E-state index in [0.717, 1.165) is 33.9 Å². The zero-order valence-electron chi connectivity index (χ0n) is 16.0. The SMILES string of the molecule is Cc1ccc(C(N)C(=O)NCc2ccc(-n3nc(C)cc3C)nc2)cc1.Cl.Cl. The van der Waals surface area contributed by atoms with E-state index in [1.807, 2.05) is 63.2 Å². The molecule has 0 fully saturated rings. The highest BCUT2D eigenvalue weighted by atomic mass is 35.5. The number of rotatable bonds is 5. The summed E-state index contributed by atoms with van der Waals surface area (Å²) in [4.78, 5) is 16.7. The first-order valence-electron chi connectivity index (χ1n) is 8.52. The fraction of sp³-hybridized carbons (Fsp3) is 0.250. The second-order valence-electron chi connectivity index (χ2n) is 6.47. The van der Waals surface area contributed by atoms with Crippen LogP contribution in [-0.4, -0.2) is 20.7 Å². The molecule has 0 aliphatic heterocycles. The molecule has 6 nitrogen and oxygen atoms in total. The number of hydrogen-bond acceptors (Lipinski definition) is 4. The number of aromatic nitrogens is 3. The Labute approximate surface area is 177 Å². The number of halogens is 2. The lowest BCUT2D eigenvalue weighted by Gasteiger charge is -2.13. The molecule has 150 valence electrons. The summed E-state index contributed by atoms with van der Waals surface area (Å²) in [7, 11) is 0. The van der Waals surface area contributed by atoms with Crippen LogP contribution < -0.4 is 11.1 Å². The van der Waals surface area contributed by atoms with Crippen LogP contribution in [0.15, 0.2) is 48.7 Å². The van der Waals surface area contributed by atoms with Crippen LogP contribution >= 0.6 is 24.8 Å². The molecule has 2 heterocycles. The van der Waals surface area contributed by atoms with Crippen molar-refractivity contribution in [2.45, 2.75) is 33.4 Å². The lowest BCUT2D eigenvalue weighted by Crippen LogP contribution is -2.33. The molecule has 1 amide bonds. The molecule has 0 spiro atoms. The molecule has 3 N–H and O–H groups in total. The van der Waals surface area contributed by atoms with E-state index in [0.29, 0.717) is 6.54 Å². The number of pyridine rings is 1. The Morgan fingerprint density at radius 3 is 2.32 bits per heavy atom. The molecule has 1 atom stereocenters. The molecule has 8 heteroatoms. The molecule has 0 saturated carbocycles. The Morgan fingerprint density at radius 2 is 1.79 bits per heavy atom. The first-order valence-corrected chi connectivity index (χ1v) is 8.52. The Kier molecular flexibility index (Phi) is 8.63. The summed E-state index contributed by atoms with van der Waals surface area (Å²) in [6.07, 6.45) is 1.74. The molecule has 0 aliphatic carbocycles. The third kappa shape index (κ3) is 5.55. The van der Waals surface area contributed by atoms with Crippen molar-refractivity contribution in [2.24, 2.45) is 5.73 Å². The smallest absolute Gasteiger partial charge is 0.241 e. The minimum Gasteiger partial charge on any atom is -0.350 e. The molecule has 2 aromatic heterocycles. The van der Waals surface area contributed by atoms with Crippen LogP contribution in [0.5, 0.6) is 0 Å². The first-order chi connectivity index (χ1) is 12.4. The van der Waals surface area contributed by atoms with Crippen molar-refractivity contribution in [3.63, 3.8) is 0 Å². The van der Waals surface area contributed by atoms with E-state index in [-0.39, 0.29) is 30.7 Å². The number of benzene rings is 1. The van der Waals surface area contributed by atoms with Gasteiger partial charge in [0.15, 0.2) is 5.82 Å². The monoisotopic (exact) mass is 421 g/mol. The molecule has 0 saturated heterocycles. The highest BCUT2D eigenvalue weighted by Gasteiger charge is 2.15. The van der Waals surface area contributed by atoms with E-state index in [1.165, 1.54) is 0 Å². The van der Waals surface area contributed by atoms with Crippen LogP contribution in [0.2, 0.25) is 0 Å². The summed E-state index contributed by atoms with van der Waals surface area (Å²) >= 11 is 0. The molecular weight excluding hydrogens is 397 g/mol. The van der Waals surface area contributed by atoms with Gasteiger partial charge < -0.3 is 11.1 Å². The zero-order valence-corrected chi connectivity index (χ0v) is 17.7. The molecule has 1 unspecified atom stereocenters. The number of hydrogen-bond donors (Lipinski definition) is 2. The third-order valence-corrected chi connectivity index (χ3v) is 4.22. The van der Waals surface area contributed by atoms with Crippen LogP contribution in [0.25, 0.3) is 5.82 Å². The maximum atomic E-state index is 12.3. The molecule has 0 bridgehead atoms. The van der Waals surface area contributed by atoms with Crippen molar-refractivity contribution < 1.29 is 4.79 Å². The zero-order chi connectivity index (χ0) is 18.7. The minimum absolute atomic E-state index is 0. The van der Waals surface area contributed by atoms with Crippen LogP contribution in [0, 0.1) is 20.8 Å². The molecule has 3 aromatic rings. The maximum absolute atomic E-state index is 12.3. The van der Waals surface area contributed by atoms with Crippen LogP contribution in [0.3, 0.4) is 0 Å². The van der Waals surface area contributed by atoms with E-state index in [9.17, 15) is 4.79 Å². The third-order valence-electron chi connectivity index (χ3n) is 4.22. The average Bonchev–Trinajstić information content (AvgIpc) is 2.98. The van der Waals surface area contributed by atoms with Gasteiger partial charge in [0.05, 0.1) is 5.69 Å². The van der Waals surface area contributed by atoms with Crippen molar-refractivity contribution in [3.8, 4) is 5.82 Å². The summed E-state index contributed by atoms with van der Waals surface area (Å²) in [6.45, 7) is 6.31. The second-order valence-corrected chi connectivity index (χ2v) is 6.47. The first kappa shape index (κ1) is 23.6. The highest BCUT2D eigenvalue weighted by Crippen LogP contribution is 2.13. The summed E-state index contributed by atoms with van der Waals surface area (Å²) < 4.78 is 1.80. The molecule has 0 radical (unpaired) electrons. The van der Waals surface area contributed by atoms with Gasteiger partial charge in [-0.15, -0.1) is 24.8 Å². The Hall–Kier alpha value is -2.41. The van der Waals surface area contributed by atoms with E-state index < -0.39 is 6.04 Å². The van der Waals surface area contributed by atoms with Gasteiger partial charge in [0, 0.05) is 18.4 Å². The Morgan fingerprint density at radius 1 is 1.11 bits per heavy atom. The molecule has 28 heavy (non-hydrogen) atoms. The van der Waals surface area contributed by atoms with E-state index >= 15 is 0 Å². The number of nitrogens with one attached hydrogen (secondary N) is 1. The Bertz CT molecular complexity index is 907. The summed E-state index contributed by atoms with van der Waals surface area (Å²) in [5.74, 6) is 0.540. The number of amides is 1. The largest absolute Gasteiger partial charge is 0.350 e. The maximum Gasteiger partial charge on any atom is 0.241 e. The molecule has 3 rings (SSSR count). The molecule has 1 aromatic carbocycles. The van der Waals surface area contributed by atoms with Crippen molar-refractivity contribution in [1.82, 2.24) is 20.1 Å². The normalized spacial score (nSPS) is 11.1. The van der Waals surface area contributed by atoms with Gasteiger partial charge in [-0.2, -0.15) is 5.10 Å². The number of nitrogens with zero attached hydrogens (tertiary/aromatic N) is 3. The predicted octanol–water partition coefficient (Wildman–Crippen LogP) is 3.35. The van der Waals surface area contributed by atoms with Crippen LogP contribution in [0.4, 0.5) is 0 Å². The fourth-order valence-electron chi connectivity index (χ4n) is 2.73. The predicted molar refractivity (Wildman–Crippen MR) is 115 cm³/mol. The highest BCUT2D eigenvalue weighted by molar-refractivity contribution is 5.85. The lowest BCUT2D eigenvalue weighted by molar-refractivity contribution is -0.122. The van der Waals surface area contributed by atoms with Crippen LogP contribution in [0.1, 0.15) is 34.1 Å². The van der Waals surface area contributed by atoms with Crippen molar-refractivity contribution in [2.75, 3.05) is 0 Å². The van der Waals surface area contributed by atoms with Crippen LogP contribution in [-0.2, 0) is 11.3 Å². The standard InChI is InChI=1S/C20H23N5O.2ClH/c1-13-4-7-17(8-5-13)19(21)20(26)23-12-16-6-9-18(22-11-16)25-15(3)10-14(2)24-25;;/h4-11,19H,12,21H2,1-3H3,(H,23,26);2*1H. The number of aryl methyl sites for hydroxylation is 3. The van der Waals surface area contributed by atoms with Gasteiger partial charge in [0.2, 0.25) is 5.91 Å². The molecule has 0 aliphatic rings. The lowest BCUT2D eigenvalue weighted by atomic mass is 10.1. The average molecular weight is 422 g/mol. The minimum atomic E-state index is -0.683. The van der Waals surface area contributed by atoms with Gasteiger partial charge in [-0.05, 0) is 44.0 Å². The van der Waals surface area contributed by atoms with Gasteiger partial charge in [0.25, 0.3) is 0 Å². The molecular formula is C20H25Cl2N5O.